The lowest BCUT2D eigenvalue weighted by atomic mass is 10.1. The Labute approximate surface area is 157 Å². The van der Waals surface area contributed by atoms with Crippen LogP contribution in [0.3, 0.4) is 0 Å². The summed E-state index contributed by atoms with van der Waals surface area (Å²) < 4.78 is 5.53. The van der Waals surface area contributed by atoms with Crippen LogP contribution >= 0.6 is 0 Å². The number of nitrogens with one attached hydrogen (secondary N) is 2. The van der Waals surface area contributed by atoms with Gasteiger partial charge in [-0.15, -0.1) is 0 Å². The Morgan fingerprint density at radius 1 is 1.11 bits per heavy atom. The molecule has 8 heteroatoms. The van der Waals surface area contributed by atoms with E-state index in [-0.39, 0.29) is 18.6 Å². The Morgan fingerprint density at radius 3 is 2.41 bits per heavy atom. The highest BCUT2D eigenvalue weighted by molar-refractivity contribution is 6.35. The Kier molecular flexibility index (Phi) is 6.05. The molecule has 3 amide bonds. The van der Waals surface area contributed by atoms with Crippen molar-refractivity contribution in [2.45, 2.75) is 38.6 Å². The molecule has 0 radical (unpaired) electrons. The highest BCUT2D eigenvalue weighted by Crippen LogP contribution is 2.18. The van der Waals surface area contributed by atoms with Gasteiger partial charge in [0.25, 0.3) is 5.91 Å². The summed E-state index contributed by atoms with van der Waals surface area (Å²) in [5.74, 6) is -0.851. The molecule has 8 nitrogen and oxygen atoms in total. The number of hydrogen-bond acceptors (Lipinski definition) is 5. The van der Waals surface area contributed by atoms with Gasteiger partial charge < -0.3 is 15.0 Å². The summed E-state index contributed by atoms with van der Waals surface area (Å²) in [5, 5.41) is 6.55. The van der Waals surface area contributed by atoms with Crippen molar-refractivity contribution >= 4 is 23.4 Å². The van der Waals surface area contributed by atoms with E-state index in [1.54, 1.807) is 31.2 Å². The molecule has 1 aliphatic carbocycles. The van der Waals surface area contributed by atoms with Crippen molar-refractivity contribution in [3.63, 3.8) is 0 Å². The predicted octanol–water partition coefficient (Wildman–Crippen LogP) is 0.807. The maximum absolute atomic E-state index is 12.0. The average Bonchev–Trinajstić information content (AvgIpc) is 3.32. The summed E-state index contributed by atoms with van der Waals surface area (Å²) in [6.45, 7) is 3.37. The third-order valence-electron chi connectivity index (χ3n) is 4.54. The van der Waals surface area contributed by atoms with Crippen LogP contribution in [0.4, 0.5) is 0 Å². The Balaban J connectivity index is 1.47. The monoisotopic (exact) mass is 372 g/mol. The van der Waals surface area contributed by atoms with Crippen LogP contribution in [-0.4, -0.2) is 54.1 Å². The van der Waals surface area contributed by atoms with Crippen molar-refractivity contribution in [1.29, 1.82) is 0 Å². The minimum absolute atomic E-state index is 0.00139. The van der Waals surface area contributed by atoms with Gasteiger partial charge in [-0.2, -0.15) is 5.10 Å². The molecule has 1 aliphatic heterocycles. The number of hydrogen-bond donors (Lipinski definition) is 2. The van der Waals surface area contributed by atoms with Gasteiger partial charge in [-0.3, -0.25) is 14.4 Å². The first-order valence-corrected chi connectivity index (χ1v) is 9.19. The SMILES string of the molecule is C/C(=N/NC(=O)C(=O)NC1CC1)c1ccc(OCC(=O)N2CCCC2)cc1. The van der Waals surface area contributed by atoms with Gasteiger partial charge in [-0.05, 0) is 62.4 Å². The van der Waals surface area contributed by atoms with Gasteiger partial charge in [0.05, 0.1) is 5.71 Å². The van der Waals surface area contributed by atoms with Gasteiger partial charge in [0.1, 0.15) is 5.75 Å². The van der Waals surface area contributed by atoms with Gasteiger partial charge in [-0.1, -0.05) is 0 Å². The minimum Gasteiger partial charge on any atom is -0.484 e. The zero-order chi connectivity index (χ0) is 19.2. The van der Waals surface area contributed by atoms with E-state index in [9.17, 15) is 14.4 Å². The van der Waals surface area contributed by atoms with Crippen molar-refractivity contribution in [1.82, 2.24) is 15.6 Å². The first-order valence-electron chi connectivity index (χ1n) is 9.19. The molecule has 0 unspecified atom stereocenters. The van der Waals surface area contributed by atoms with Gasteiger partial charge in [0.15, 0.2) is 6.61 Å². The van der Waals surface area contributed by atoms with Crippen LogP contribution in [0.2, 0.25) is 0 Å². The molecule has 1 aromatic carbocycles. The standard InChI is InChI=1S/C19H24N4O4/c1-13(21-22-19(26)18(25)20-15-6-7-15)14-4-8-16(9-5-14)27-12-17(24)23-10-2-3-11-23/h4-5,8-9,15H,2-3,6-7,10-12H2,1H3,(H,20,25)(H,22,26)/b21-13-. The first kappa shape index (κ1) is 18.9. The third kappa shape index (κ3) is 5.54. The van der Waals surface area contributed by atoms with E-state index in [0.29, 0.717) is 11.5 Å². The molecule has 1 aromatic rings. The van der Waals surface area contributed by atoms with E-state index in [1.807, 2.05) is 4.90 Å². The minimum atomic E-state index is -0.776. The molecule has 2 aliphatic rings. The summed E-state index contributed by atoms with van der Waals surface area (Å²) in [5.41, 5.74) is 3.59. The molecule has 0 bridgehead atoms. The van der Waals surface area contributed by atoms with Crippen molar-refractivity contribution in [2.24, 2.45) is 5.10 Å². The quantitative estimate of drug-likeness (QED) is 0.438. The Hall–Kier alpha value is -2.90. The van der Waals surface area contributed by atoms with Gasteiger partial charge in [0, 0.05) is 19.1 Å². The van der Waals surface area contributed by atoms with Crippen LogP contribution in [0.15, 0.2) is 29.4 Å². The van der Waals surface area contributed by atoms with E-state index >= 15 is 0 Å². The van der Waals surface area contributed by atoms with Crippen molar-refractivity contribution in [2.75, 3.05) is 19.7 Å². The molecule has 0 atom stereocenters. The molecule has 3 rings (SSSR count). The number of amides is 3. The highest BCUT2D eigenvalue weighted by atomic mass is 16.5. The van der Waals surface area contributed by atoms with E-state index in [1.165, 1.54) is 0 Å². The van der Waals surface area contributed by atoms with Crippen LogP contribution < -0.4 is 15.5 Å². The maximum Gasteiger partial charge on any atom is 0.329 e. The molecule has 0 spiro atoms. The lowest BCUT2D eigenvalue weighted by Gasteiger charge is -2.15. The fourth-order valence-corrected chi connectivity index (χ4v) is 2.72. The molecule has 1 saturated carbocycles. The molecule has 0 aromatic heterocycles. The van der Waals surface area contributed by atoms with Crippen LogP contribution in [0.1, 0.15) is 38.2 Å². The van der Waals surface area contributed by atoms with Crippen LogP contribution in [0.5, 0.6) is 5.75 Å². The number of likely N-dealkylation sites (tertiary alicyclic amines) is 1. The van der Waals surface area contributed by atoms with Gasteiger partial charge in [-0.25, -0.2) is 5.43 Å². The van der Waals surface area contributed by atoms with Crippen molar-refractivity contribution < 1.29 is 19.1 Å². The molecular formula is C19H24N4O4. The second-order valence-corrected chi connectivity index (χ2v) is 6.79. The maximum atomic E-state index is 12.0. The summed E-state index contributed by atoms with van der Waals surface area (Å²) in [4.78, 5) is 37.0. The zero-order valence-electron chi connectivity index (χ0n) is 15.4. The summed E-state index contributed by atoms with van der Waals surface area (Å²) in [7, 11) is 0. The van der Waals surface area contributed by atoms with Crippen LogP contribution in [0, 0.1) is 0 Å². The Morgan fingerprint density at radius 2 is 1.78 bits per heavy atom. The number of benzene rings is 1. The van der Waals surface area contributed by atoms with E-state index in [0.717, 1.165) is 44.3 Å². The molecule has 1 saturated heterocycles. The second-order valence-electron chi connectivity index (χ2n) is 6.79. The van der Waals surface area contributed by atoms with Crippen molar-refractivity contribution in [3.05, 3.63) is 29.8 Å². The summed E-state index contributed by atoms with van der Waals surface area (Å²) in [6, 6.07) is 7.18. The number of carbonyl (C=O) groups excluding carboxylic acids is 3. The fourth-order valence-electron chi connectivity index (χ4n) is 2.72. The average molecular weight is 372 g/mol. The lowest BCUT2D eigenvalue weighted by molar-refractivity contribution is -0.139. The van der Waals surface area contributed by atoms with E-state index in [2.05, 4.69) is 15.8 Å². The van der Waals surface area contributed by atoms with Gasteiger partial charge in [0.2, 0.25) is 0 Å². The normalized spacial score (nSPS) is 16.8. The van der Waals surface area contributed by atoms with Crippen LogP contribution in [-0.2, 0) is 14.4 Å². The zero-order valence-corrected chi connectivity index (χ0v) is 15.4. The topological polar surface area (TPSA) is 100 Å². The Bertz CT molecular complexity index is 735. The number of nitrogens with zero attached hydrogens (tertiary/aromatic N) is 2. The molecule has 2 N–H and O–H groups in total. The molecule has 1 heterocycles. The summed E-state index contributed by atoms with van der Waals surface area (Å²) >= 11 is 0. The first-order chi connectivity index (χ1) is 13.0. The number of hydrazone groups is 1. The number of rotatable bonds is 6. The molecular weight excluding hydrogens is 348 g/mol. The number of carbonyl (C=O) groups is 3. The van der Waals surface area contributed by atoms with Crippen LogP contribution in [0.25, 0.3) is 0 Å². The smallest absolute Gasteiger partial charge is 0.329 e. The highest BCUT2D eigenvalue weighted by Gasteiger charge is 2.26. The largest absolute Gasteiger partial charge is 0.484 e. The number of ether oxygens (including phenoxy) is 1. The summed E-state index contributed by atoms with van der Waals surface area (Å²) in [6.07, 6.45) is 3.94. The fraction of sp³-hybridized carbons (Fsp3) is 0.474. The molecule has 27 heavy (non-hydrogen) atoms. The van der Waals surface area contributed by atoms with Gasteiger partial charge >= 0.3 is 11.8 Å². The second kappa shape index (κ2) is 8.66. The van der Waals surface area contributed by atoms with Crippen molar-refractivity contribution in [3.8, 4) is 5.75 Å². The van der Waals surface area contributed by atoms with E-state index < -0.39 is 11.8 Å². The predicted molar refractivity (Wildman–Crippen MR) is 99.3 cm³/mol. The lowest BCUT2D eigenvalue weighted by Crippen LogP contribution is -2.39. The third-order valence-corrected chi connectivity index (χ3v) is 4.54. The molecule has 2 fully saturated rings. The van der Waals surface area contributed by atoms with E-state index in [4.69, 9.17) is 4.74 Å². The molecule has 144 valence electrons.